The fourth-order valence-electron chi connectivity index (χ4n) is 4.47. The van der Waals surface area contributed by atoms with Crippen LogP contribution in [0.2, 0.25) is 0 Å². The molecule has 6 rings (SSSR count). The number of amides is 1. The zero-order valence-electron chi connectivity index (χ0n) is 17.5. The summed E-state index contributed by atoms with van der Waals surface area (Å²) in [5.41, 5.74) is 7.95. The second kappa shape index (κ2) is 7.73. The minimum absolute atomic E-state index is 0.0416. The summed E-state index contributed by atoms with van der Waals surface area (Å²) in [7, 11) is 0. The highest BCUT2D eigenvalue weighted by Crippen LogP contribution is 2.32. The van der Waals surface area contributed by atoms with Gasteiger partial charge >= 0.3 is 0 Å². The highest BCUT2D eigenvalue weighted by Gasteiger charge is 2.19. The predicted octanol–water partition coefficient (Wildman–Crippen LogP) is 4.33. The Hall–Kier alpha value is -3.77. The number of nitrogens with zero attached hydrogens (tertiary/aromatic N) is 3. The first kappa shape index (κ1) is 19.0. The number of aromatic nitrogens is 3. The summed E-state index contributed by atoms with van der Waals surface area (Å²) in [6, 6.07) is 16.4. The third-order valence-electron chi connectivity index (χ3n) is 6.22. The summed E-state index contributed by atoms with van der Waals surface area (Å²) in [6.07, 6.45) is 7.13. The molecule has 2 aliphatic rings. The number of hydrogen-bond acceptors (Lipinski definition) is 4. The van der Waals surface area contributed by atoms with Crippen LogP contribution in [0.25, 0.3) is 39.5 Å². The molecule has 1 aliphatic carbocycles. The summed E-state index contributed by atoms with van der Waals surface area (Å²) < 4.78 is 5.37. The monoisotopic (exact) mass is 422 g/mol. The molecular weight excluding hydrogens is 400 g/mol. The average Bonchev–Trinajstić information content (AvgIpc) is 3.50. The van der Waals surface area contributed by atoms with Crippen LogP contribution in [0, 0.1) is 0 Å². The number of carbonyl (C=O) groups excluding carboxylic acids is 1. The van der Waals surface area contributed by atoms with Crippen LogP contribution in [0.5, 0.6) is 0 Å². The molecule has 1 fully saturated rings. The lowest BCUT2D eigenvalue weighted by molar-refractivity contribution is 0.0303. The lowest BCUT2D eigenvalue weighted by Gasteiger charge is -2.27. The van der Waals surface area contributed by atoms with Crippen LogP contribution in [-0.2, 0) is 11.2 Å². The number of hydrogen-bond donors (Lipinski definition) is 1. The van der Waals surface area contributed by atoms with Gasteiger partial charge in [-0.25, -0.2) is 4.98 Å². The van der Waals surface area contributed by atoms with E-state index in [-0.39, 0.29) is 5.91 Å². The Bertz CT molecular complexity index is 1370. The van der Waals surface area contributed by atoms with Gasteiger partial charge in [-0.2, -0.15) is 5.10 Å². The van der Waals surface area contributed by atoms with Gasteiger partial charge in [0.15, 0.2) is 5.65 Å². The molecule has 3 heterocycles. The lowest BCUT2D eigenvalue weighted by Crippen LogP contribution is -2.40. The number of benzene rings is 2. The van der Waals surface area contributed by atoms with E-state index in [0.717, 1.165) is 34.2 Å². The second-order valence-corrected chi connectivity index (χ2v) is 8.20. The van der Waals surface area contributed by atoms with Crippen LogP contribution < -0.4 is 0 Å². The Kier molecular flexibility index (Phi) is 4.58. The highest BCUT2D eigenvalue weighted by atomic mass is 16.5. The van der Waals surface area contributed by atoms with Gasteiger partial charge in [0.1, 0.15) is 0 Å². The molecule has 0 spiro atoms. The van der Waals surface area contributed by atoms with Gasteiger partial charge in [-0.1, -0.05) is 36.4 Å². The third kappa shape index (κ3) is 3.29. The van der Waals surface area contributed by atoms with E-state index in [1.807, 2.05) is 35.4 Å². The first-order valence-electron chi connectivity index (χ1n) is 10.9. The first-order valence-corrected chi connectivity index (χ1v) is 10.9. The van der Waals surface area contributed by atoms with E-state index in [0.29, 0.717) is 37.5 Å². The molecule has 0 atom stereocenters. The van der Waals surface area contributed by atoms with Gasteiger partial charge in [-0.05, 0) is 47.4 Å². The molecular formula is C26H22N4O2. The maximum atomic E-state index is 12.9. The summed E-state index contributed by atoms with van der Waals surface area (Å²) in [5, 5.41) is 8.54. The molecule has 6 nitrogen and oxygen atoms in total. The highest BCUT2D eigenvalue weighted by molar-refractivity contribution is 5.97. The van der Waals surface area contributed by atoms with E-state index >= 15 is 0 Å². The normalized spacial score (nSPS) is 15.3. The van der Waals surface area contributed by atoms with Crippen LogP contribution in [0.3, 0.4) is 0 Å². The Morgan fingerprint density at radius 1 is 1.00 bits per heavy atom. The van der Waals surface area contributed by atoms with Gasteiger partial charge in [0.25, 0.3) is 5.91 Å². The van der Waals surface area contributed by atoms with Gasteiger partial charge in [0, 0.05) is 41.4 Å². The van der Waals surface area contributed by atoms with Gasteiger partial charge < -0.3 is 9.64 Å². The number of aromatic amines is 1. The molecule has 0 saturated carbocycles. The van der Waals surface area contributed by atoms with Crippen LogP contribution in [0.4, 0.5) is 0 Å². The fourth-order valence-corrected chi connectivity index (χ4v) is 4.47. The molecule has 1 aliphatic heterocycles. The van der Waals surface area contributed by atoms with Crippen LogP contribution >= 0.6 is 0 Å². The minimum atomic E-state index is 0.0416. The van der Waals surface area contributed by atoms with Gasteiger partial charge in [-0.3, -0.25) is 9.89 Å². The maximum absolute atomic E-state index is 12.9. The van der Waals surface area contributed by atoms with E-state index in [1.54, 1.807) is 0 Å². The van der Waals surface area contributed by atoms with Crippen molar-refractivity contribution in [3.63, 3.8) is 0 Å². The number of carbonyl (C=O) groups is 1. The minimum Gasteiger partial charge on any atom is -0.378 e. The van der Waals surface area contributed by atoms with Crippen molar-refractivity contribution in [3.05, 3.63) is 77.5 Å². The Balaban J connectivity index is 1.36. The molecule has 1 saturated heterocycles. The molecule has 0 radical (unpaired) electrons. The Labute approximate surface area is 185 Å². The smallest absolute Gasteiger partial charge is 0.254 e. The summed E-state index contributed by atoms with van der Waals surface area (Å²) in [4.78, 5) is 19.3. The molecule has 0 unspecified atom stereocenters. The van der Waals surface area contributed by atoms with Crippen molar-refractivity contribution < 1.29 is 9.53 Å². The SMILES string of the molecule is O=C(c1cccc(-c2cnc3n[nH]c(-c4ccc5c(c4)CC=C5)c3c2)c1)N1CCOCC1. The molecule has 0 bridgehead atoms. The molecule has 1 N–H and O–H groups in total. The van der Waals surface area contributed by atoms with Crippen molar-refractivity contribution in [2.24, 2.45) is 0 Å². The number of allylic oxidation sites excluding steroid dienone is 1. The number of morpholine rings is 1. The van der Waals surface area contributed by atoms with Crippen molar-refractivity contribution >= 4 is 23.0 Å². The molecule has 2 aromatic heterocycles. The number of ether oxygens (including phenoxy) is 1. The van der Waals surface area contributed by atoms with E-state index in [1.165, 1.54) is 11.1 Å². The zero-order valence-corrected chi connectivity index (χ0v) is 17.5. The number of fused-ring (bicyclic) bond motifs is 2. The van der Waals surface area contributed by atoms with E-state index in [4.69, 9.17) is 4.74 Å². The van der Waals surface area contributed by atoms with Crippen LogP contribution in [-0.4, -0.2) is 52.3 Å². The predicted molar refractivity (Wildman–Crippen MR) is 124 cm³/mol. The summed E-state index contributed by atoms with van der Waals surface area (Å²) in [5.74, 6) is 0.0416. The molecule has 4 aromatic rings. The lowest BCUT2D eigenvalue weighted by atomic mass is 10.00. The number of rotatable bonds is 3. The summed E-state index contributed by atoms with van der Waals surface area (Å²) >= 11 is 0. The van der Waals surface area contributed by atoms with Crippen molar-refractivity contribution in [1.29, 1.82) is 0 Å². The Morgan fingerprint density at radius 2 is 1.91 bits per heavy atom. The molecule has 32 heavy (non-hydrogen) atoms. The van der Waals surface area contributed by atoms with Crippen LogP contribution in [0.15, 0.2) is 60.8 Å². The van der Waals surface area contributed by atoms with Crippen LogP contribution in [0.1, 0.15) is 21.5 Å². The van der Waals surface area contributed by atoms with Crippen molar-refractivity contribution in [2.75, 3.05) is 26.3 Å². The molecule has 1 amide bonds. The van der Waals surface area contributed by atoms with E-state index in [9.17, 15) is 4.79 Å². The molecule has 2 aromatic carbocycles. The standard InChI is InChI=1S/C26H22N4O2/c31-26(30-9-11-32-12-10-30)21-6-2-5-19(14-21)22-15-23-24(28-29-25(23)27-16-22)20-8-7-17-3-1-4-18(17)13-20/h1-3,5-8,13-16H,4,9-12H2,(H,27,28,29). The molecule has 158 valence electrons. The quantitative estimate of drug-likeness (QED) is 0.533. The van der Waals surface area contributed by atoms with Crippen molar-refractivity contribution in [3.8, 4) is 22.4 Å². The number of H-pyrrole nitrogens is 1. The maximum Gasteiger partial charge on any atom is 0.254 e. The summed E-state index contributed by atoms with van der Waals surface area (Å²) in [6.45, 7) is 2.44. The Morgan fingerprint density at radius 3 is 2.81 bits per heavy atom. The zero-order chi connectivity index (χ0) is 21.5. The van der Waals surface area contributed by atoms with Crippen molar-refractivity contribution in [2.45, 2.75) is 6.42 Å². The fraction of sp³-hybridized carbons (Fsp3) is 0.192. The largest absolute Gasteiger partial charge is 0.378 e. The first-order chi connectivity index (χ1) is 15.8. The van der Waals surface area contributed by atoms with E-state index in [2.05, 4.69) is 51.6 Å². The van der Waals surface area contributed by atoms with Crippen molar-refractivity contribution in [1.82, 2.24) is 20.1 Å². The van der Waals surface area contributed by atoms with Gasteiger partial charge in [-0.15, -0.1) is 0 Å². The topological polar surface area (TPSA) is 71.1 Å². The van der Waals surface area contributed by atoms with E-state index < -0.39 is 0 Å². The average molecular weight is 422 g/mol. The third-order valence-corrected chi connectivity index (χ3v) is 6.22. The number of pyridine rings is 1. The van der Waals surface area contributed by atoms with Gasteiger partial charge in [0.2, 0.25) is 0 Å². The second-order valence-electron chi connectivity index (χ2n) is 8.20. The van der Waals surface area contributed by atoms with Gasteiger partial charge in [0.05, 0.1) is 18.9 Å². The molecule has 6 heteroatoms. The number of nitrogens with one attached hydrogen (secondary N) is 1.